The van der Waals surface area contributed by atoms with Gasteiger partial charge in [-0.3, -0.25) is 9.59 Å². The molecule has 0 spiro atoms. The van der Waals surface area contributed by atoms with Gasteiger partial charge in [-0.15, -0.1) is 0 Å². The lowest BCUT2D eigenvalue weighted by atomic mass is 10.0. The van der Waals surface area contributed by atoms with Crippen molar-refractivity contribution in [1.29, 1.82) is 0 Å². The summed E-state index contributed by atoms with van der Waals surface area (Å²) in [6.07, 6.45) is 0.788. The Kier molecular flexibility index (Phi) is 10.8. The van der Waals surface area contributed by atoms with Crippen molar-refractivity contribution in [3.8, 4) is 0 Å². The van der Waals surface area contributed by atoms with Gasteiger partial charge in [0, 0.05) is 25.0 Å². The molecule has 1 heterocycles. The highest BCUT2D eigenvalue weighted by Gasteiger charge is 2.52. The highest BCUT2D eigenvalue weighted by Crippen LogP contribution is 2.34. The number of carbonyl (C=O) groups is 2. The number of carbonyl (C=O) groups excluding carboxylic acids is 1. The fourth-order valence-electron chi connectivity index (χ4n) is 4.00. The van der Waals surface area contributed by atoms with E-state index in [-0.39, 0.29) is 19.4 Å². The lowest BCUT2D eigenvalue weighted by Crippen LogP contribution is -2.36. The van der Waals surface area contributed by atoms with Crippen LogP contribution in [0.25, 0.3) is 0 Å². The van der Waals surface area contributed by atoms with Gasteiger partial charge in [-0.25, -0.2) is 0 Å². The number of rotatable bonds is 14. The zero-order valence-electron chi connectivity index (χ0n) is 18.9. The van der Waals surface area contributed by atoms with Gasteiger partial charge in [0.1, 0.15) is 0 Å². The normalized spacial score (nSPS) is 18.4. The Balaban J connectivity index is 1.93. The molecule has 2 rings (SSSR count). The molecule has 0 saturated carbocycles. The van der Waals surface area contributed by atoms with Gasteiger partial charge in [0.15, 0.2) is 0 Å². The fourth-order valence-corrected chi connectivity index (χ4v) is 4.00. The van der Waals surface area contributed by atoms with Crippen molar-refractivity contribution in [2.45, 2.75) is 75.9 Å². The summed E-state index contributed by atoms with van der Waals surface area (Å²) in [6.45, 7) is 0.0455. The van der Waals surface area contributed by atoms with Gasteiger partial charge >= 0.3 is 11.9 Å². The van der Waals surface area contributed by atoms with Crippen LogP contribution in [0.2, 0.25) is 0 Å². The average Bonchev–Trinajstić information content (AvgIpc) is 3.00. The SMILES string of the molecule is O=C(O)CCCCCCN1C(=O)C(F)(F)C[C@@H]1/C=C/[C@@H](O)C(CCCc1ccccc1)=C(F)F. The first-order valence-corrected chi connectivity index (χ1v) is 11.5. The minimum absolute atomic E-state index is 0.0241. The molecule has 1 saturated heterocycles. The average molecular weight is 486 g/mol. The van der Waals surface area contributed by atoms with E-state index < -0.39 is 48.0 Å². The van der Waals surface area contributed by atoms with Crippen LogP contribution < -0.4 is 0 Å². The van der Waals surface area contributed by atoms with Crippen molar-refractivity contribution in [3.05, 3.63) is 59.7 Å². The van der Waals surface area contributed by atoms with E-state index in [1.165, 1.54) is 6.08 Å². The van der Waals surface area contributed by atoms with Crippen molar-refractivity contribution in [2.24, 2.45) is 0 Å². The summed E-state index contributed by atoms with van der Waals surface area (Å²) in [7, 11) is 0. The molecule has 0 aromatic heterocycles. The van der Waals surface area contributed by atoms with E-state index in [4.69, 9.17) is 5.11 Å². The molecule has 34 heavy (non-hydrogen) atoms. The van der Waals surface area contributed by atoms with Crippen molar-refractivity contribution >= 4 is 11.9 Å². The summed E-state index contributed by atoms with van der Waals surface area (Å²) in [5.41, 5.74) is 0.518. The van der Waals surface area contributed by atoms with E-state index in [0.717, 1.165) is 16.5 Å². The first-order valence-electron chi connectivity index (χ1n) is 11.5. The molecule has 0 unspecified atom stereocenters. The van der Waals surface area contributed by atoms with Crippen LogP contribution in [0.3, 0.4) is 0 Å². The van der Waals surface area contributed by atoms with E-state index in [9.17, 15) is 32.3 Å². The summed E-state index contributed by atoms with van der Waals surface area (Å²) >= 11 is 0. The van der Waals surface area contributed by atoms with Gasteiger partial charge in [-0.1, -0.05) is 55.3 Å². The Morgan fingerprint density at radius 3 is 2.41 bits per heavy atom. The van der Waals surface area contributed by atoms with Gasteiger partial charge in [0.05, 0.1) is 12.1 Å². The molecule has 0 radical (unpaired) electrons. The Bertz CT molecular complexity index is 869. The number of halogens is 4. The number of hydrogen-bond donors (Lipinski definition) is 2. The Morgan fingerprint density at radius 1 is 1.09 bits per heavy atom. The number of hydrogen-bond acceptors (Lipinski definition) is 3. The van der Waals surface area contributed by atoms with Crippen LogP contribution in [0.1, 0.15) is 56.9 Å². The Hall–Kier alpha value is -2.68. The summed E-state index contributed by atoms with van der Waals surface area (Å²) in [4.78, 5) is 23.6. The second-order valence-electron chi connectivity index (χ2n) is 8.49. The van der Waals surface area contributed by atoms with Gasteiger partial charge < -0.3 is 15.1 Å². The first-order chi connectivity index (χ1) is 16.1. The van der Waals surface area contributed by atoms with Crippen molar-refractivity contribution in [2.75, 3.05) is 6.54 Å². The van der Waals surface area contributed by atoms with E-state index in [2.05, 4.69) is 0 Å². The molecule has 2 N–H and O–H groups in total. The van der Waals surface area contributed by atoms with Gasteiger partial charge in [-0.05, 0) is 37.7 Å². The molecule has 0 bridgehead atoms. The molecule has 9 heteroatoms. The molecular weight excluding hydrogens is 454 g/mol. The number of aryl methyl sites for hydroxylation is 1. The number of likely N-dealkylation sites (tertiary alicyclic amines) is 1. The molecule has 1 amide bonds. The van der Waals surface area contributed by atoms with E-state index in [0.29, 0.717) is 38.5 Å². The van der Waals surface area contributed by atoms with E-state index in [1.807, 2.05) is 30.3 Å². The second-order valence-corrected chi connectivity index (χ2v) is 8.49. The minimum atomic E-state index is -3.55. The minimum Gasteiger partial charge on any atom is -0.481 e. The van der Waals surface area contributed by atoms with Crippen LogP contribution in [-0.4, -0.2) is 51.6 Å². The molecule has 188 valence electrons. The summed E-state index contributed by atoms with van der Waals surface area (Å²) in [5, 5.41) is 18.9. The van der Waals surface area contributed by atoms with Crippen molar-refractivity contribution in [1.82, 2.24) is 4.90 Å². The molecule has 1 aromatic carbocycles. The number of alkyl halides is 2. The van der Waals surface area contributed by atoms with Crippen LogP contribution in [-0.2, 0) is 16.0 Å². The van der Waals surface area contributed by atoms with Crippen molar-refractivity contribution < 1.29 is 37.4 Å². The van der Waals surface area contributed by atoms with Gasteiger partial charge in [-0.2, -0.15) is 17.6 Å². The number of aliphatic carboxylic acids is 1. The number of amides is 1. The molecule has 1 fully saturated rings. The largest absolute Gasteiger partial charge is 0.481 e. The highest BCUT2D eigenvalue weighted by molar-refractivity contribution is 5.86. The standard InChI is InChI=1S/C25H31F4NO4/c26-23(27)20(12-8-11-18-9-4-3-5-10-18)21(31)15-14-19-17-25(28,29)24(34)30(19)16-7-2-1-6-13-22(32)33/h3-5,9-10,14-15,19,21,31H,1-2,6-8,11-13,16-17H2,(H,32,33)/b15-14+/t19-,21+/m0/s1. The van der Waals surface area contributed by atoms with Gasteiger partial charge in [0.2, 0.25) is 0 Å². The molecule has 1 aliphatic rings. The second kappa shape index (κ2) is 13.3. The number of aliphatic hydroxyl groups is 1. The van der Waals surface area contributed by atoms with E-state index in [1.54, 1.807) is 0 Å². The number of unbranched alkanes of at least 4 members (excludes halogenated alkanes) is 3. The predicted octanol–water partition coefficient (Wildman–Crippen LogP) is 5.35. The lowest BCUT2D eigenvalue weighted by Gasteiger charge is -2.22. The maximum Gasteiger partial charge on any atom is 0.327 e. The third kappa shape index (κ3) is 8.59. The first kappa shape index (κ1) is 27.6. The lowest BCUT2D eigenvalue weighted by molar-refractivity contribution is -0.148. The monoisotopic (exact) mass is 485 g/mol. The number of carboxylic acid groups (broad SMARTS) is 1. The number of benzene rings is 1. The van der Waals surface area contributed by atoms with Crippen LogP contribution in [0.4, 0.5) is 17.6 Å². The van der Waals surface area contributed by atoms with Crippen LogP contribution in [0, 0.1) is 0 Å². The molecule has 1 aromatic rings. The molecular formula is C25H31F4NO4. The summed E-state index contributed by atoms with van der Waals surface area (Å²) < 4.78 is 54.9. The molecule has 5 nitrogen and oxygen atoms in total. The Morgan fingerprint density at radius 2 is 1.76 bits per heavy atom. The zero-order valence-corrected chi connectivity index (χ0v) is 18.9. The number of aliphatic hydroxyl groups excluding tert-OH is 1. The maximum atomic E-state index is 14.0. The number of nitrogens with zero attached hydrogens (tertiary/aromatic N) is 1. The van der Waals surface area contributed by atoms with E-state index >= 15 is 0 Å². The third-order valence-electron chi connectivity index (χ3n) is 5.85. The quantitative estimate of drug-likeness (QED) is 0.212. The predicted molar refractivity (Wildman–Crippen MR) is 120 cm³/mol. The van der Waals surface area contributed by atoms with Gasteiger partial charge in [0.25, 0.3) is 12.0 Å². The van der Waals surface area contributed by atoms with Crippen LogP contribution in [0.15, 0.2) is 54.1 Å². The zero-order chi connectivity index (χ0) is 25.1. The summed E-state index contributed by atoms with van der Waals surface area (Å²) in [6, 6.07) is 8.29. The highest BCUT2D eigenvalue weighted by atomic mass is 19.3. The van der Waals surface area contributed by atoms with Crippen molar-refractivity contribution in [3.63, 3.8) is 0 Å². The third-order valence-corrected chi connectivity index (χ3v) is 5.85. The molecule has 2 atom stereocenters. The smallest absolute Gasteiger partial charge is 0.327 e. The number of carboxylic acids is 1. The summed E-state index contributed by atoms with van der Waals surface area (Å²) in [5.74, 6) is -5.78. The molecule has 0 aliphatic carbocycles. The topological polar surface area (TPSA) is 77.8 Å². The fraction of sp³-hybridized carbons (Fsp3) is 0.520. The maximum absolute atomic E-state index is 14.0. The Labute approximate surface area is 196 Å². The van der Waals surface area contributed by atoms with Crippen LogP contribution >= 0.6 is 0 Å². The molecule has 1 aliphatic heterocycles. The van der Waals surface area contributed by atoms with Crippen LogP contribution in [0.5, 0.6) is 0 Å².